The predicted molar refractivity (Wildman–Crippen MR) is 136 cm³/mol. The van der Waals surface area contributed by atoms with E-state index in [1.807, 2.05) is 60.7 Å². The van der Waals surface area contributed by atoms with Crippen molar-refractivity contribution in [1.82, 2.24) is 5.32 Å². The maximum absolute atomic E-state index is 13.6. The molecule has 3 saturated carbocycles. The molecule has 0 heterocycles. The summed E-state index contributed by atoms with van der Waals surface area (Å²) >= 11 is 0. The molecule has 0 radical (unpaired) electrons. The van der Waals surface area contributed by atoms with Crippen molar-refractivity contribution in [2.45, 2.75) is 75.5 Å². The highest BCUT2D eigenvalue weighted by molar-refractivity contribution is 5.81. The molecule has 0 aliphatic heterocycles. The molecule has 2 bridgehead atoms. The molecule has 188 valence electrons. The second-order valence-corrected chi connectivity index (χ2v) is 10.6. The van der Waals surface area contributed by atoms with Gasteiger partial charge in [0.15, 0.2) is 5.60 Å². The molecule has 5 nitrogen and oxygen atoms in total. The minimum absolute atomic E-state index is 0.0803. The van der Waals surface area contributed by atoms with Crippen LogP contribution in [0.25, 0.3) is 0 Å². The normalized spacial score (nSPS) is 27.9. The van der Waals surface area contributed by atoms with Crippen LogP contribution in [0.15, 0.2) is 60.7 Å². The fourth-order valence-electron chi connectivity index (χ4n) is 6.73. The van der Waals surface area contributed by atoms with Gasteiger partial charge in [-0.1, -0.05) is 67.8 Å². The van der Waals surface area contributed by atoms with Gasteiger partial charge in [-0.15, -0.1) is 0 Å². The molecule has 0 aromatic heterocycles. The Kier molecular flexibility index (Phi) is 7.74. The van der Waals surface area contributed by atoms with Gasteiger partial charge in [0.1, 0.15) is 11.9 Å². The molecule has 5 unspecified atom stereocenters. The lowest BCUT2D eigenvalue weighted by atomic mass is 9.73. The third-order valence-corrected chi connectivity index (χ3v) is 8.55. The molecular weight excluding hydrogens is 438 g/mol. The molecule has 5 rings (SSSR count). The van der Waals surface area contributed by atoms with E-state index in [4.69, 9.17) is 9.47 Å². The van der Waals surface area contributed by atoms with Crippen molar-refractivity contribution in [3.05, 3.63) is 66.2 Å². The number of carbonyl (C=O) groups is 1. The van der Waals surface area contributed by atoms with E-state index in [0.29, 0.717) is 30.0 Å². The minimum atomic E-state index is -1.55. The number of nitrogens with one attached hydrogen (secondary N) is 1. The number of benzene rings is 2. The number of esters is 1. The van der Waals surface area contributed by atoms with Gasteiger partial charge in [-0.25, -0.2) is 4.79 Å². The molecular formula is C30H39NO4. The van der Waals surface area contributed by atoms with Crippen molar-refractivity contribution in [3.63, 3.8) is 0 Å². The zero-order valence-corrected chi connectivity index (χ0v) is 20.6. The first-order valence-electron chi connectivity index (χ1n) is 13.6. The molecule has 35 heavy (non-hydrogen) atoms. The highest BCUT2D eigenvalue weighted by atomic mass is 16.6. The second kappa shape index (κ2) is 11.1. The summed E-state index contributed by atoms with van der Waals surface area (Å²) in [5.41, 5.74) is -0.880. The quantitative estimate of drug-likeness (QED) is 0.363. The lowest BCUT2D eigenvalue weighted by Gasteiger charge is -2.38. The highest BCUT2D eigenvalue weighted by Gasteiger charge is 2.53. The monoisotopic (exact) mass is 477 g/mol. The van der Waals surface area contributed by atoms with Crippen LogP contribution in [0.5, 0.6) is 5.75 Å². The number of carbonyl (C=O) groups excluding carboxylic acids is 1. The van der Waals surface area contributed by atoms with Crippen molar-refractivity contribution in [2.75, 3.05) is 13.2 Å². The number of ether oxygens (including phenoxy) is 2. The second-order valence-electron chi connectivity index (χ2n) is 10.6. The molecule has 0 spiro atoms. The Balaban J connectivity index is 1.17. The summed E-state index contributed by atoms with van der Waals surface area (Å²) in [4.78, 5) is 13.6. The molecule has 5 heteroatoms. The summed E-state index contributed by atoms with van der Waals surface area (Å²) in [5.74, 6) is 1.24. The van der Waals surface area contributed by atoms with E-state index in [1.165, 1.54) is 12.8 Å². The Morgan fingerprint density at radius 3 is 2.40 bits per heavy atom. The van der Waals surface area contributed by atoms with Gasteiger partial charge >= 0.3 is 5.97 Å². The van der Waals surface area contributed by atoms with Crippen LogP contribution in [0, 0.1) is 17.8 Å². The van der Waals surface area contributed by atoms with Crippen LogP contribution in [0.1, 0.15) is 63.4 Å². The average Bonchev–Trinajstić information content (AvgIpc) is 3.46. The molecule has 0 amide bonds. The van der Waals surface area contributed by atoms with Crippen LogP contribution < -0.4 is 10.1 Å². The first-order chi connectivity index (χ1) is 17.2. The molecule has 2 aromatic rings. The molecule has 2 N–H and O–H groups in total. The van der Waals surface area contributed by atoms with E-state index in [2.05, 4.69) is 5.32 Å². The van der Waals surface area contributed by atoms with Crippen molar-refractivity contribution < 1.29 is 19.4 Å². The fraction of sp³-hybridized carbons (Fsp3) is 0.567. The van der Waals surface area contributed by atoms with Gasteiger partial charge in [-0.2, -0.15) is 0 Å². The van der Waals surface area contributed by atoms with Crippen molar-refractivity contribution in [1.29, 1.82) is 0 Å². The smallest absolute Gasteiger partial charge is 0.343 e. The van der Waals surface area contributed by atoms with Gasteiger partial charge in [0.2, 0.25) is 0 Å². The van der Waals surface area contributed by atoms with Gasteiger partial charge in [0, 0.05) is 17.9 Å². The average molecular weight is 478 g/mol. The van der Waals surface area contributed by atoms with Crippen molar-refractivity contribution in [2.24, 2.45) is 17.8 Å². The lowest BCUT2D eigenvalue weighted by molar-refractivity contribution is -0.183. The van der Waals surface area contributed by atoms with Crippen LogP contribution in [0.2, 0.25) is 0 Å². The number of aliphatic hydroxyl groups is 1. The minimum Gasteiger partial charge on any atom is -0.494 e. The molecule has 3 aliphatic rings. The zero-order chi connectivity index (χ0) is 24.1. The van der Waals surface area contributed by atoms with Gasteiger partial charge in [0.25, 0.3) is 0 Å². The maximum Gasteiger partial charge on any atom is 0.343 e. The molecule has 3 aliphatic carbocycles. The molecule has 5 atom stereocenters. The van der Waals surface area contributed by atoms with E-state index < -0.39 is 11.6 Å². The van der Waals surface area contributed by atoms with E-state index in [-0.39, 0.29) is 12.0 Å². The van der Waals surface area contributed by atoms with Gasteiger partial charge in [0.05, 0.1) is 6.61 Å². The van der Waals surface area contributed by atoms with Gasteiger partial charge in [-0.3, -0.25) is 0 Å². The largest absolute Gasteiger partial charge is 0.494 e. The molecule has 2 aromatic carbocycles. The first kappa shape index (κ1) is 24.3. The first-order valence-corrected chi connectivity index (χ1v) is 13.6. The SMILES string of the molecule is O=C(OC1CC2CCC1C2NCCCOc1ccccc1)C(O)(c1ccccc1)C1CCCCC1. The van der Waals surface area contributed by atoms with E-state index in [9.17, 15) is 9.90 Å². The Bertz CT molecular complexity index is 945. The number of rotatable bonds is 10. The standard InChI is InChI=1S/C30H39NO4/c32-29(30(33,23-11-4-1-5-12-23)24-13-6-2-7-14-24)35-27-21-22-17-18-26(27)28(22)31-19-10-20-34-25-15-8-3-9-16-25/h1,3-5,8-9,11-12,15-16,22,24,26-28,31,33H,2,6-7,10,13-14,17-21H2. The van der Waals surface area contributed by atoms with Crippen molar-refractivity contribution in [3.8, 4) is 5.75 Å². The Hall–Kier alpha value is -2.37. The van der Waals surface area contributed by atoms with Crippen LogP contribution in [0.4, 0.5) is 0 Å². The molecule has 0 saturated heterocycles. The third-order valence-electron chi connectivity index (χ3n) is 8.55. The van der Waals surface area contributed by atoms with Crippen LogP contribution in [0.3, 0.4) is 0 Å². The summed E-state index contributed by atoms with van der Waals surface area (Å²) in [6, 6.07) is 19.8. The highest BCUT2D eigenvalue weighted by Crippen LogP contribution is 2.48. The predicted octanol–water partition coefficient (Wildman–Crippen LogP) is 5.22. The Morgan fingerprint density at radius 1 is 0.943 bits per heavy atom. The van der Waals surface area contributed by atoms with E-state index >= 15 is 0 Å². The number of para-hydroxylation sites is 1. The molecule has 3 fully saturated rings. The Morgan fingerprint density at radius 2 is 1.66 bits per heavy atom. The summed E-state index contributed by atoms with van der Waals surface area (Å²) in [5, 5.41) is 15.6. The van der Waals surface area contributed by atoms with Gasteiger partial charge < -0.3 is 19.9 Å². The number of fused-ring (bicyclic) bond motifs is 2. The van der Waals surface area contributed by atoms with E-state index in [1.54, 1.807) is 0 Å². The fourth-order valence-corrected chi connectivity index (χ4v) is 6.73. The summed E-state index contributed by atoms with van der Waals surface area (Å²) in [7, 11) is 0. The zero-order valence-electron chi connectivity index (χ0n) is 20.6. The lowest BCUT2D eigenvalue weighted by Crippen LogP contribution is -2.47. The summed E-state index contributed by atoms with van der Waals surface area (Å²) in [6.45, 7) is 1.57. The van der Waals surface area contributed by atoms with Crippen LogP contribution in [-0.4, -0.2) is 36.4 Å². The van der Waals surface area contributed by atoms with E-state index in [0.717, 1.165) is 57.2 Å². The number of hydrogen-bond donors (Lipinski definition) is 2. The summed E-state index contributed by atoms with van der Waals surface area (Å²) in [6.07, 6.45) is 9.00. The third kappa shape index (κ3) is 5.26. The Labute approximate surface area is 209 Å². The summed E-state index contributed by atoms with van der Waals surface area (Å²) < 4.78 is 12.0. The van der Waals surface area contributed by atoms with Crippen LogP contribution >= 0.6 is 0 Å². The van der Waals surface area contributed by atoms with Crippen LogP contribution in [-0.2, 0) is 15.1 Å². The van der Waals surface area contributed by atoms with Crippen molar-refractivity contribution >= 4 is 5.97 Å². The topological polar surface area (TPSA) is 67.8 Å². The number of hydrogen-bond acceptors (Lipinski definition) is 5. The maximum atomic E-state index is 13.6. The van der Waals surface area contributed by atoms with Gasteiger partial charge in [-0.05, 0) is 68.7 Å².